The summed E-state index contributed by atoms with van der Waals surface area (Å²) < 4.78 is 0. The Balaban J connectivity index is 1.56. The molecule has 0 unspecified atom stereocenters. The van der Waals surface area contributed by atoms with Gasteiger partial charge in [0.2, 0.25) is 17.8 Å². The van der Waals surface area contributed by atoms with E-state index >= 15 is 0 Å². The largest absolute Gasteiger partial charge is 0.507 e. The highest BCUT2D eigenvalue weighted by Gasteiger charge is 2.20. The normalized spacial score (nSPS) is 17.9. The first-order chi connectivity index (χ1) is 13.8. The maximum Gasteiger partial charge on any atom is 0.250 e. The summed E-state index contributed by atoms with van der Waals surface area (Å²) in [5, 5.41) is 14.1. The SMILES string of the molecule is Oc1ccccc1C=NNc1nc(N2CCCCC2)nc(N2CCCCC2)n1. The first kappa shape index (κ1) is 18.5. The van der Waals surface area contributed by atoms with Crippen LogP contribution in [0.15, 0.2) is 29.4 Å². The first-order valence-electron chi connectivity index (χ1n) is 10.1. The highest BCUT2D eigenvalue weighted by molar-refractivity contribution is 5.83. The average Bonchev–Trinajstić information content (AvgIpc) is 2.76. The number of benzene rings is 1. The molecule has 0 bridgehead atoms. The minimum atomic E-state index is 0.187. The third-order valence-corrected chi connectivity index (χ3v) is 5.19. The van der Waals surface area contributed by atoms with E-state index < -0.39 is 0 Å². The molecule has 2 fully saturated rings. The van der Waals surface area contributed by atoms with Crippen molar-refractivity contribution in [1.82, 2.24) is 15.0 Å². The Morgan fingerprint density at radius 3 is 1.96 bits per heavy atom. The van der Waals surface area contributed by atoms with Gasteiger partial charge in [0, 0.05) is 31.7 Å². The fourth-order valence-corrected chi connectivity index (χ4v) is 3.63. The molecule has 2 aliphatic heterocycles. The molecule has 2 aliphatic rings. The van der Waals surface area contributed by atoms with Gasteiger partial charge in [-0.1, -0.05) is 12.1 Å². The predicted molar refractivity (Wildman–Crippen MR) is 111 cm³/mol. The molecule has 3 heterocycles. The molecule has 148 valence electrons. The lowest BCUT2D eigenvalue weighted by atomic mass is 10.1. The van der Waals surface area contributed by atoms with Crippen LogP contribution in [0.5, 0.6) is 5.75 Å². The van der Waals surface area contributed by atoms with Crippen molar-refractivity contribution in [3.63, 3.8) is 0 Å². The third kappa shape index (κ3) is 4.49. The quantitative estimate of drug-likeness (QED) is 0.608. The summed E-state index contributed by atoms with van der Waals surface area (Å²) in [6.07, 6.45) is 8.75. The molecule has 8 heteroatoms. The van der Waals surface area contributed by atoms with Crippen LogP contribution in [0.3, 0.4) is 0 Å². The Labute approximate surface area is 165 Å². The third-order valence-electron chi connectivity index (χ3n) is 5.19. The van der Waals surface area contributed by atoms with Gasteiger partial charge in [-0.15, -0.1) is 0 Å². The van der Waals surface area contributed by atoms with Gasteiger partial charge in [0.25, 0.3) is 0 Å². The Hall–Kier alpha value is -2.90. The number of para-hydroxylation sites is 1. The topological polar surface area (TPSA) is 89.8 Å². The van der Waals surface area contributed by atoms with E-state index in [4.69, 9.17) is 4.98 Å². The summed E-state index contributed by atoms with van der Waals surface area (Å²) in [6, 6.07) is 7.06. The van der Waals surface area contributed by atoms with E-state index in [1.54, 1.807) is 24.4 Å². The van der Waals surface area contributed by atoms with Crippen LogP contribution in [-0.2, 0) is 0 Å². The van der Waals surface area contributed by atoms with Gasteiger partial charge in [0.15, 0.2) is 0 Å². The summed E-state index contributed by atoms with van der Waals surface area (Å²) in [4.78, 5) is 18.4. The van der Waals surface area contributed by atoms with Gasteiger partial charge in [-0.2, -0.15) is 20.1 Å². The van der Waals surface area contributed by atoms with E-state index in [-0.39, 0.29) is 5.75 Å². The standard InChI is InChI=1S/C20H27N7O/c28-17-10-4-3-9-16(17)15-21-25-18-22-19(26-11-5-1-6-12-26)24-20(23-18)27-13-7-2-8-14-27/h3-4,9-10,15,28H,1-2,5-8,11-14H2,(H,22,23,24,25). The van der Waals surface area contributed by atoms with Gasteiger partial charge < -0.3 is 14.9 Å². The fraction of sp³-hybridized carbons (Fsp3) is 0.500. The minimum Gasteiger partial charge on any atom is -0.507 e. The van der Waals surface area contributed by atoms with Gasteiger partial charge >= 0.3 is 0 Å². The maximum absolute atomic E-state index is 9.86. The second-order valence-electron chi connectivity index (χ2n) is 7.28. The second-order valence-corrected chi connectivity index (χ2v) is 7.28. The first-order valence-corrected chi connectivity index (χ1v) is 10.1. The van der Waals surface area contributed by atoms with E-state index in [9.17, 15) is 5.11 Å². The van der Waals surface area contributed by atoms with Crippen LogP contribution < -0.4 is 15.2 Å². The van der Waals surface area contributed by atoms with E-state index in [1.165, 1.54) is 38.5 Å². The minimum absolute atomic E-state index is 0.187. The van der Waals surface area contributed by atoms with Crippen LogP contribution >= 0.6 is 0 Å². The molecule has 0 amide bonds. The van der Waals surface area contributed by atoms with Crippen molar-refractivity contribution < 1.29 is 5.11 Å². The number of piperidine rings is 2. The number of phenolic OH excluding ortho intramolecular Hbond substituents is 1. The summed E-state index contributed by atoms with van der Waals surface area (Å²) in [7, 11) is 0. The Morgan fingerprint density at radius 2 is 1.39 bits per heavy atom. The Bertz CT molecular complexity index is 778. The molecule has 2 saturated heterocycles. The van der Waals surface area contributed by atoms with Crippen molar-refractivity contribution >= 4 is 24.1 Å². The molecule has 0 aliphatic carbocycles. The number of aromatic hydroxyl groups is 1. The lowest BCUT2D eigenvalue weighted by molar-refractivity contribution is 0.474. The predicted octanol–water partition coefficient (Wildman–Crippen LogP) is 3.00. The van der Waals surface area contributed by atoms with Crippen LogP contribution in [0.25, 0.3) is 0 Å². The van der Waals surface area contributed by atoms with E-state index in [0.717, 1.165) is 38.1 Å². The molecule has 1 aromatic carbocycles. The molecule has 2 aromatic rings. The zero-order chi connectivity index (χ0) is 19.2. The number of hydrogen-bond acceptors (Lipinski definition) is 8. The lowest BCUT2D eigenvalue weighted by Gasteiger charge is -2.30. The number of hydrogen-bond donors (Lipinski definition) is 2. The average molecular weight is 381 g/mol. The Kier molecular flexibility index (Phi) is 5.84. The van der Waals surface area contributed by atoms with Crippen molar-refractivity contribution in [3.8, 4) is 5.75 Å². The van der Waals surface area contributed by atoms with Gasteiger partial charge in [-0.25, -0.2) is 5.43 Å². The van der Waals surface area contributed by atoms with Gasteiger partial charge in [-0.3, -0.25) is 0 Å². The molecule has 0 atom stereocenters. The maximum atomic E-state index is 9.86. The number of anilines is 3. The van der Waals surface area contributed by atoms with Crippen molar-refractivity contribution in [2.24, 2.45) is 5.10 Å². The number of rotatable bonds is 5. The zero-order valence-corrected chi connectivity index (χ0v) is 16.1. The molecule has 1 aromatic heterocycles. The summed E-state index contributed by atoms with van der Waals surface area (Å²) >= 11 is 0. The highest BCUT2D eigenvalue weighted by Crippen LogP contribution is 2.22. The van der Waals surface area contributed by atoms with Gasteiger partial charge in [-0.05, 0) is 50.7 Å². The van der Waals surface area contributed by atoms with Crippen molar-refractivity contribution in [1.29, 1.82) is 0 Å². The van der Waals surface area contributed by atoms with Crippen LogP contribution in [0.1, 0.15) is 44.1 Å². The molecule has 0 saturated carbocycles. The van der Waals surface area contributed by atoms with Crippen LogP contribution in [0.4, 0.5) is 17.8 Å². The van der Waals surface area contributed by atoms with Crippen LogP contribution in [-0.4, -0.2) is 52.5 Å². The summed E-state index contributed by atoms with van der Waals surface area (Å²) in [6.45, 7) is 3.90. The van der Waals surface area contributed by atoms with E-state index in [1.807, 2.05) is 6.07 Å². The highest BCUT2D eigenvalue weighted by atomic mass is 16.3. The molecule has 2 N–H and O–H groups in total. The number of nitrogens with zero attached hydrogens (tertiary/aromatic N) is 6. The fourth-order valence-electron chi connectivity index (χ4n) is 3.63. The molecular formula is C20H27N7O. The zero-order valence-electron chi connectivity index (χ0n) is 16.1. The molecule has 8 nitrogen and oxygen atoms in total. The molecule has 28 heavy (non-hydrogen) atoms. The molecule has 4 rings (SSSR count). The van der Waals surface area contributed by atoms with E-state index in [0.29, 0.717) is 11.5 Å². The van der Waals surface area contributed by atoms with Crippen molar-refractivity contribution in [3.05, 3.63) is 29.8 Å². The number of nitrogens with one attached hydrogen (secondary N) is 1. The summed E-state index contributed by atoms with van der Waals surface area (Å²) in [5.41, 5.74) is 3.56. The number of hydrazone groups is 1. The van der Waals surface area contributed by atoms with E-state index in [2.05, 4.69) is 30.3 Å². The van der Waals surface area contributed by atoms with Gasteiger partial charge in [0.1, 0.15) is 5.75 Å². The lowest BCUT2D eigenvalue weighted by Crippen LogP contribution is -2.34. The Morgan fingerprint density at radius 1 is 0.821 bits per heavy atom. The molecular weight excluding hydrogens is 354 g/mol. The smallest absolute Gasteiger partial charge is 0.250 e. The monoisotopic (exact) mass is 381 g/mol. The van der Waals surface area contributed by atoms with Crippen molar-refractivity contribution in [2.75, 3.05) is 41.4 Å². The summed E-state index contributed by atoms with van der Waals surface area (Å²) in [5.74, 6) is 2.06. The second kappa shape index (κ2) is 8.86. The van der Waals surface area contributed by atoms with Crippen molar-refractivity contribution in [2.45, 2.75) is 38.5 Å². The molecule has 0 spiro atoms. The van der Waals surface area contributed by atoms with Crippen LogP contribution in [0.2, 0.25) is 0 Å². The number of phenols is 1. The number of aromatic nitrogens is 3. The molecule has 0 radical (unpaired) electrons. The van der Waals surface area contributed by atoms with Gasteiger partial charge in [0.05, 0.1) is 6.21 Å². The van der Waals surface area contributed by atoms with Crippen LogP contribution in [0, 0.1) is 0 Å².